The van der Waals surface area contributed by atoms with Gasteiger partial charge >= 0.3 is 0 Å². The Labute approximate surface area is 215 Å². The average Bonchev–Trinajstić information content (AvgIpc) is 3.59. The number of carbonyl (C=O) groups is 1. The van der Waals surface area contributed by atoms with Crippen molar-refractivity contribution < 1.29 is 4.79 Å². The third-order valence-electron chi connectivity index (χ3n) is 6.73. The van der Waals surface area contributed by atoms with E-state index < -0.39 is 0 Å². The standard InChI is InChI=1S/C29H31BrN4O/c1-2-3-7-21-34-28-25(26(31-34)22-11-5-4-6-12-22)27(23-13-15-24(30)16-14-23)33(29(28)35)20-10-19-32-17-8-9-18-32/h4-6,8-9,11-18,27H,2-3,7,10,19-21H2,1H3. The lowest BCUT2D eigenvalue weighted by Gasteiger charge is -2.27. The minimum absolute atomic E-state index is 0.0894. The van der Waals surface area contributed by atoms with Crippen molar-refractivity contribution in [1.82, 2.24) is 19.2 Å². The van der Waals surface area contributed by atoms with Crippen molar-refractivity contribution in [3.05, 3.63) is 100 Å². The van der Waals surface area contributed by atoms with Crippen molar-refractivity contribution in [2.24, 2.45) is 0 Å². The van der Waals surface area contributed by atoms with Crippen LogP contribution in [-0.4, -0.2) is 31.7 Å². The van der Waals surface area contributed by atoms with Crippen molar-refractivity contribution >= 4 is 21.8 Å². The van der Waals surface area contributed by atoms with Gasteiger partial charge < -0.3 is 9.47 Å². The lowest BCUT2D eigenvalue weighted by atomic mass is 9.96. The van der Waals surface area contributed by atoms with Crippen molar-refractivity contribution in [2.45, 2.75) is 51.7 Å². The molecular weight excluding hydrogens is 500 g/mol. The highest BCUT2D eigenvalue weighted by Gasteiger charge is 2.43. The monoisotopic (exact) mass is 530 g/mol. The van der Waals surface area contributed by atoms with E-state index in [4.69, 9.17) is 5.10 Å². The molecule has 1 aliphatic rings. The molecule has 35 heavy (non-hydrogen) atoms. The molecule has 0 bridgehead atoms. The van der Waals surface area contributed by atoms with Crippen LogP contribution in [0.5, 0.6) is 0 Å². The zero-order valence-corrected chi connectivity index (χ0v) is 21.7. The molecule has 1 atom stereocenters. The van der Waals surface area contributed by atoms with E-state index in [2.05, 4.69) is 81.1 Å². The maximum absolute atomic E-state index is 14.0. The predicted molar refractivity (Wildman–Crippen MR) is 143 cm³/mol. The Kier molecular flexibility index (Phi) is 7.19. The summed E-state index contributed by atoms with van der Waals surface area (Å²) in [5.41, 5.74) is 4.90. The SMILES string of the molecule is CCCCCn1nc(-c2ccccc2)c2c1C(=O)N(CCCn1cccc1)C2c1ccc(Br)cc1. The van der Waals surface area contributed by atoms with E-state index in [0.29, 0.717) is 6.54 Å². The summed E-state index contributed by atoms with van der Waals surface area (Å²) in [6, 6.07) is 22.6. The van der Waals surface area contributed by atoms with E-state index >= 15 is 0 Å². The number of benzene rings is 2. The quantitative estimate of drug-likeness (QED) is 0.208. The fourth-order valence-corrected chi connectivity index (χ4v) is 5.28. The number of hydrogen-bond donors (Lipinski definition) is 0. The number of fused-ring (bicyclic) bond motifs is 1. The highest BCUT2D eigenvalue weighted by Crippen LogP contribution is 2.44. The number of rotatable bonds is 10. The van der Waals surface area contributed by atoms with Crippen LogP contribution in [0.3, 0.4) is 0 Å². The Morgan fingerprint density at radius 2 is 1.60 bits per heavy atom. The van der Waals surface area contributed by atoms with Crippen LogP contribution in [0.4, 0.5) is 0 Å². The lowest BCUT2D eigenvalue weighted by Crippen LogP contribution is -2.32. The molecule has 1 unspecified atom stereocenters. The molecule has 0 saturated carbocycles. The Morgan fingerprint density at radius 1 is 0.857 bits per heavy atom. The Bertz CT molecular complexity index is 1260. The van der Waals surface area contributed by atoms with Crippen molar-refractivity contribution in [2.75, 3.05) is 6.54 Å². The molecule has 180 valence electrons. The van der Waals surface area contributed by atoms with Crippen molar-refractivity contribution in [3.63, 3.8) is 0 Å². The third-order valence-corrected chi connectivity index (χ3v) is 7.25. The largest absolute Gasteiger partial charge is 0.354 e. The average molecular weight is 531 g/mol. The second-order valence-corrected chi connectivity index (χ2v) is 10.0. The number of hydrogen-bond acceptors (Lipinski definition) is 2. The first-order valence-corrected chi connectivity index (χ1v) is 13.3. The molecule has 3 heterocycles. The first kappa shape index (κ1) is 23.6. The second-order valence-electron chi connectivity index (χ2n) is 9.13. The van der Waals surface area contributed by atoms with E-state index in [1.54, 1.807) is 0 Å². The van der Waals surface area contributed by atoms with Crippen molar-refractivity contribution in [3.8, 4) is 11.3 Å². The summed E-state index contributed by atoms with van der Waals surface area (Å²) < 4.78 is 5.18. The summed E-state index contributed by atoms with van der Waals surface area (Å²) in [7, 11) is 0. The summed E-state index contributed by atoms with van der Waals surface area (Å²) in [4.78, 5) is 16.0. The molecule has 5 nitrogen and oxygen atoms in total. The van der Waals surface area contributed by atoms with E-state index in [0.717, 1.165) is 71.3 Å². The smallest absolute Gasteiger partial charge is 0.273 e. The van der Waals surface area contributed by atoms with Crippen LogP contribution >= 0.6 is 15.9 Å². The van der Waals surface area contributed by atoms with Crippen LogP contribution < -0.4 is 0 Å². The van der Waals surface area contributed by atoms with E-state index in [1.807, 2.05) is 35.0 Å². The molecule has 1 aliphatic heterocycles. The summed E-state index contributed by atoms with van der Waals surface area (Å²) >= 11 is 3.57. The molecule has 2 aromatic heterocycles. The maximum Gasteiger partial charge on any atom is 0.273 e. The minimum Gasteiger partial charge on any atom is -0.354 e. The zero-order valence-electron chi connectivity index (χ0n) is 20.1. The van der Waals surface area contributed by atoms with Gasteiger partial charge in [0.25, 0.3) is 5.91 Å². The number of unbranched alkanes of at least 4 members (excludes halogenated alkanes) is 2. The second kappa shape index (κ2) is 10.6. The Hall–Kier alpha value is -3.12. The summed E-state index contributed by atoms with van der Waals surface area (Å²) in [6.45, 7) is 4.53. The van der Waals surface area contributed by atoms with Gasteiger partial charge in [0, 0.05) is 47.6 Å². The van der Waals surface area contributed by atoms with Crippen molar-refractivity contribution in [1.29, 1.82) is 0 Å². The van der Waals surface area contributed by atoms with E-state index in [1.165, 1.54) is 0 Å². The predicted octanol–water partition coefficient (Wildman–Crippen LogP) is 6.94. The molecule has 0 radical (unpaired) electrons. The van der Waals surface area contributed by atoms with Gasteiger partial charge in [0.1, 0.15) is 5.69 Å². The number of amides is 1. The number of nitrogens with zero attached hydrogens (tertiary/aromatic N) is 4. The lowest BCUT2D eigenvalue weighted by molar-refractivity contribution is 0.0734. The first-order chi connectivity index (χ1) is 17.2. The van der Waals surface area contributed by atoms with Crippen LogP contribution in [0.2, 0.25) is 0 Å². The molecule has 0 spiro atoms. The number of aromatic nitrogens is 3. The molecule has 0 fully saturated rings. The molecule has 2 aromatic carbocycles. The fourth-order valence-electron chi connectivity index (χ4n) is 5.02. The van der Waals surface area contributed by atoms with Crippen LogP contribution in [-0.2, 0) is 13.1 Å². The normalized spacial score (nSPS) is 15.1. The van der Waals surface area contributed by atoms with Gasteiger partial charge in [-0.25, -0.2) is 0 Å². The third kappa shape index (κ3) is 4.85. The van der Waals surface area contributed by atoms with Gasteiger partial charge in [-0.05, 0) is 42.7 Å². The molecule has 1 amide bonds. The van der Waals surface area contributed by atoms with Gasteiger partial charge in [-0.1, -0.05) is 78.2 Å². The van der Waals surface area contributed by atoms with Gasteiger partial charge in [0.15, 0.2) is 0 Å². The van der Waals surface area contributed by atoms with Crippen LogP contribution in [0, 0.1) is 0 Å². The van der Waals surface area contributed by atoms with Gasteiger partial charge in [-0.15, -0.1) is 0 Å². The molecule has 0 saturated heterocycles. The van der Waals surface area contributed by atoms with E-state index in [9.17, 15) is 4.79 Å². The van der Waals surface area contributed by atoms with Gasteiger partial charge in [0.2, 0.25) is 0 Å². The van der Waals surface area contributed by atoms with Crippen LogP contribution in [0.15, 0.2) is 83.6 Å². The highest BCUT2D eigenvalue weighted by atomic mass is 79.9. The van der Waals surface area contributed by atoms with Gasteiger partial charge in [0.05, 0.1) is 11.7 Å². The highest BCUT2D eigenvalue weighted by molar-refractivity contribution is 9.10. The molecule has 0 N–H and O–H groups in total. The van der Waals surface area contributed by atoms with Crippen LogP contribution in [0.25, 0.3) is 11.3 Å². The molecule has 0 aliphatic carbocycles. The van der Waals surface area contributed by atoms with Crippen LogP contribution in [0.1, 0.15) is 60.3 Å². The summed E-state index contributed by atoms with van der Waals surface area (Å²) in [5.74, 6) is 0.0894. The molecule has 5 rings (SSSR count). The Balaban J connectivity index is 1.57. The topological polar surface area (TPSA) is 43.1 Å². The first-order valence-electron chi connectivity index (χ1n) is 12.5. The molecular formula is C29H31BrN4O. The molecule has 6 heteroatoms. The maximum atomic E-state index is 14.0. The molecule has 4 aromatic rings. The Morgan fingerprint density at radius 3 is 2.31 bits per heavy atom. The zero-order chi connectivity index (χ0) is 24.2. The van der Waals surface area contributed by atoms with E-state index in [-0.39, 0.29) is 11.9 Å². The number of halogens is 1. The summed E-state index contributed by atoms with van der Waals surface area (Å²) in [6.07, 6.45) is 8.32. The minimum atomic E-state index is -0.148. The number of carbonyl (C=O) groups excluding carboxylic acids is 1. The van der Waals surface area contributed by atoms with Gasteiger partial charge in [-0.3, -0.25) is 9.48 Å². The summed E-state index contributed by atoms with van der Waals surface area (Å²) in [5, 5.41) is 5.03. The van der Waals surface area contributed by atoms with Gasteiger partial charge in [-0.2, -0.15) is 5.10 Å². The number of aryl methyl sites for hydroxylation is 2. The fraction of sp³-hybridized carbons (Fsp3) is 0.310.